The third-order valence-electron chi connectivity index (χ3n) is 4.18. The zero-order valence-electron chi connectivity index (χ0n) is 12.3. The Balaban J connectivity index is 1.40. The van der Waals surface area contributed by atoms with E-state index in [0.29, 0.717) is 11.4 Å². The van der Waals surface area contributed by atoms with Crippen LogP contribution in [0.3, 0.4) is 0 Å². The summed E-state index contributed by atoms with van der Waals surface area (Å²) in [6, 6.07) is 7.12. The molecule has 5 heteroatoms. The molecular formula is C16H23N3O2. The molecule has 1 aromatic rings. The second-order valence-electron chi connectivity index (χ2n) is 5.98. The molecule has 5 nitrogen and oxygen atoms in total. The molecule has 1 aliphatic carbocycles. The lowest BCUT2D eigenvalue weighted by Crippen LogP contribution is -2.50. The third-order valence-corrected chi connectivity index (χ3v) is 4.18. The van der Waals surface area contributed by atoms with E-state index < -0.39 is 0 Å². The lowest BCUT2D eigenvalue weighted by Gasteiger charge is -2.34. The van der Waals surface area contributed by atoms with Crippen LogP contribution in [-0.4, -0.2) is 55.0 Å². The summed E-state index contributed by atoms with van der Waals surface area (Å²) in [5, 5.41) is 0. The number of hydrogen-bond acceptors (Lipinski definition) is 4. The third kappa shape index (κ3) is 4.11. The quantitative estimate of drug-likeness (QED) is 0.828. The van der Waals surface area contributed by atoms with Gasteiger partial charge < -0.3 is 15.4 Å². The molecule has 0 unspecified atom stereocenters. The highest BCUT2D eigenvalue weighted by Crippen LogP contribution is 2.29. The van der Waals surface area contributed by atoms with Gasteiger partial charge in [0.1, 0.15) is 5.75 Å². The van der Waals surface area contributed by atoms with Crippen molar-refractivity contribution in [1.29, 1.82) is 0 Å². The number of carbonyl (C=O) groups excluding carboxylic acids is 1. The first-order valence-electron chi connectivity index (χ1n) is 7.69. The van der Waals surface area contributed by atoms with E-state index in [2.05, 4.69) is 4.90 Å². The second kappa shape index (κ2) is 6.35. The lowest BCUT2D eigenvalue weighted by atomic mass is 10.2. The minimum Gasteiger partial charge on any atom is -0.484 e. The minimum atomic E-state index is 0.0675. The molecule has 21 heavy (non-hydrogen) atoms. The van der Waals surface area contributed by atoms with Gasteiger partial charge in [-0.25, -0.2) is 0 Å². The molecule has 2 fully saturated rings. The van der Waals surface area contributed by atoms with Crippen LogP contribution in [0.2, 0.25) is 0 Å². The Hall–Kier alpha value is -1.75. The van der Waals surface area contributed by atoms with Gasteiger partial charge in [0.05, 0.1) is 0 Å². The Morgan fingerprint density at radius 2 is 1.81 bits per heavy atom. The van der Waals surface area contributed by atoms with Gasteiger partial charge in [-0.05, 0) is 43.0 Å². The standard InChI is InChI=1S/C16H23N3O2/c17-14-3-5-15(6-4-14)21-12-16(20)19-9-7-18(8-10-19)11-13-1-2-13/h3-6,13H,1-2,7-12,17H2. The minimum absolute atomic E-state index is 0.0675. The summed E-state index contributed by atoms with van der Waals surface area (Å²) in [5.41, 5.74) is 6.31. The monoisotopic (exact) mass is 289 g/mol. The molecule has 1 saturated carbocycles. The molecule has 1 aromatic carbocycles. The summed E-state index contributed by atoms with van der Waals surface area (Å²) in [6.07, 6.45) is 2.77. The Morgan fingerprint density at radius 3 is 2.43 bits per heavy atom. The molecule has 1 aliphatic heterocycles. The molecule has 1 amide bonds. The van der Waals surface area contributed by atoms with Crippen molar-refractivity contribution in [2.24, 2.45) is 5.92 Å². The van der Waals surface area contributed by atoms with Gasteiger partial charge in [-0.3, -0.25) is 9.69 Å². The number of benzene rings is 1. The van der Waals surface area contributed by atoms with Crippen molar-refractivity contribution in [3.05, 3.63) is 24.3 Å². The number of nitrogens with zero attached hydrogens (tertiary/aromatic N) is 2. The molecule has 0 spiro atoms. The summed E-state index contributed by atoms with van der Waals surface area (Å²) >= 11 is 0. The van der Waals surface area contributed by atoms with Crippen molar-refractivity contribution in [3.8, 4) is 5.75 Å². The number of nitrogen functional groups attached to an aromatic ring is 1. The number of rotatable bonds is 5. The van der Waals surface area contributed by atoms with Crippen molar-refractivity contribution < 1.29 is 9.53 Å². The number of nitrogens with two attached hydrogens (primary N) is 1. The molecular weight excluding hydrogens is 266 g/mol. The van der Waals surface area contributed by atoms with Crippen LogP contribution in [0, 0.1) is 5.92 Å². The average Bonchev–Trinajstić information content (AvgIpc) is 3.31. The van der Waals surface area contributed by atoms with E-state index in [9.17, 15) is 4.79 Å². The highest BCUT2D eigenvalue weighted by molar-refractivity contribution is 5.77. The first kappa shape index (κ1) is 14.2. The van der Waals surface area contributed by atoms with Crippen molar-refractivity contribution in [2.75, 3.05) is 45.1 Å². The van der Waals surface area contributed by atoms with Crippen molar-refractivity contribution in [1.82, 2.24) is 9.80 Å². The van der Waals surface area contributed by atoms with Crippen LogP contribution in [0.1, 0.15) is 12.8 Å². The summed E-state index contributed by atoms with van der Waals surface area (Å²) in [7, 11) is 0. The van der Waals surface area contributed by atoms with Crippen molar-refractivity contribution in [3.63, 3.8) is 0 Å². The van der Waals surface area contributed by atoms with Gasteiger partial charge in [-0.15, -0.1) is 0 Å². The van der Waals surface area contributed by atoms with E-state index in [4.69, 9.17) is 10.5 Å². The molecule has 1 saturated heterocycles. The summed E-state index contributed by atoms with van der Waals surface area (Å²) in [6.45, 7) is 4.93. The van der Waals surface area contributed by atoms with Gasteiger partial charge in [0.25, 0.3) is 5.91 Å². The van der Waals surface area contributed by atoms with Gasteiger partial charge in [-0.1, -0.05) is 0 Å². The maximum Gasteiger partial charge on any atom is 0.260 e. The maximum atomic E-state index is 12.1. The zero-order valence-corrected chi connectivity index (χ0v) is 12.3. The van der Waals surface area contributed by atoms with Crippen molar-refractivity contribution in [2.45, 2.75) is 12.8 Å². The number of piperazine rings is 1. The van der Waals surface area contributed by atoms with E-state index in [1.807, 2.05) is 4.90 Å². The van der Waals surface area contributed by atoms with E-state index in [1.54, 1.807) is 24.3 Å². The largest absolute Gasteiger partial charge is 0.484 e. The fourth-order valence-electron chi connectivity index (χ4n) is 2.65. The molecule has 3 rings (SSSR count). The number of ether oxygens (including phenoxy) is 1. The Kier molecular flexibility index (Phi) is 4.29. The Morgan fingerprint density at radius 1 is 1.14 bits per heavy atom. The van der Waals surface area contributed by atoms with E-state index in [0.717, 1.165) is 32.1 Å². The van der Waals surface area contributed by atoms with Crippen LogP contribution in [0.4, 0.5) is 5.69 Å². The highest BCUT2D eigenvalue weighted by atomic mass is 16.5. The molecule has 0 aromatic heterocycles. The molecule has 0 atom stereocenters. The fraction of sp³-hybridized carbons (Fsp3) is 0.562. The summed E-state index contributed by atoms with van der Waals surface area (Å²) < 4.78 is 5.52. The first-order valence-corrected chi connectivity index (χ1v) is 7.69. The van der Waals surface area contributed by atoms with E-state index >= 15 is 0 Å². The maximum absolute atomic E-state index is 12.1. The second-order valence-corrected chi connectivity index (χ2v) is 5.98. The van der Waals surface area contributed by atoms with Crippen LogP contribution in [0.25, 0.3) is 0 Å². The SMILES string of the molecule is Nc1ccc(OCC(=O)N2CCN(CC3CC3)CC2)cc1. The van der Waals surface area contributed by atoms with Gasteiger partial charge in [0, 0.05) is 38.4 Å². The van der Waals surface area contributed by atoms with Crippen molar-refractivity contribution >= 4 is 11.6 Å². The average molecular weight is 289 g/mol. The normalized spacial score (nSPS) is 19.5. The van der Waals surface area contributed by atoms with E-state index in [-0.39, 0.29) is 12.5 Å². The fourth-order valence-corrected chi connectivity index (χ4v) is 2.65. The molecule has 0 bridgehead atoms. The topological polar surface area (TPSA) is 58.8 Å². The summed E-state index contributed by atoms with van der Waals surface area (Å²) in [5.74, 6) is 1.67. The number of anilines is 1. The predicted molar refractivity (Wildman–Crippen MR) is 82.1 cm³/mol. The van der Waals surface area contributed by atoms with Crippen LogP contribution >= 0.6 is 0 Å². The highest BCUT2D eigenvalue weighted by Gasteiger charge is 2.27. The Labute approximate surface area is 125 Å². The number of hydrogen-bond donors (Lipinski definition) is 1. The Bertz CT molecular complexity index is 477. The van der Waals surface area contributed by atoms with Gasteiger partial charge in [0.2, 0.25) is 0 Å². The number of carbonyl (C=O) groups is 1. The summed E-state index contributed by atoms with van der Waals surface area (Å²) in [4.78, 5) is 16.5. The van der Waals surface area contributed by atoms with Crippen LogP contribution in [-0.2, 0) is 4.79 Å². The van der Waals surface area contributed by atoms with Gasteiger partial charge in [0.15, 0.2) is 6.61 Å². The molecule has 1 heterocycles. The van der Waals surface area contributed by atoms with Crippen LogP contribution < -0.4 is 10.5 Å². The first-order chi connectivity index (χ1) is 10.2. The smallest absolute Gasteiger partial charge is 0.260 e. The zero-order chi connectivity index (χ0) is 14.7. The predicted octanol–water partition coefficient (Wildman–Crippen LogP) is 1.20. The molecule has 2 N–H and O–H groups in total. The van der Waals surface area contributed by atoms with Crippen LogP contribution in [0.5, 0.6) is 5.75 Å². The van der Waals surface area contributed by atoms with Gasteiger partial charge in [-0.2, -0.15) is 0 Å². The van der Waals surface area contributed by atoms with E-state index in [1.165, 1.54) is 19.4 Å². The lowest BCUT2D eigenvalue weighted by molar-refractivity contribution is -0.135. The molecule has 114 valence electrons. The van der Waals surface area contributed by atoms with Crippen LogP contribution in [0.15, 0.2) is 24.3 Å². The molecule has 0 radical (unpaired) electrons. The van der Waals surface area contributed by atoms with Gasteiger partial charge >= 0.3 is 0 Å². The number of amides is 1. The molecule has 2 aliphatic rings.